The van der Waals surface area contributed by atoms with Gasteiger partial charge in [-0.2, -0.15) is 0 Å². The van der Waals surface area contributed by atoms with Crippen LogP contribution in [0.2, 0.25) is 0 Å². The molecule has 4 N–H and O–H groups in total. The third-order valence-electron chi connectivity index (χ3n) is 4.83. The number of aromatic nitrogens is 2. The van der Waals surface area contributed by atoms with Crippen LogP contribution >= 0.6 is 0 Å². The van der Waals surface area contributed by atoms with Gasteiger partial charge >= 0.3 is 0 Å². The summed E-state index contributed by atoms with van der Waals surface area (Å²) in [6.45, 7) is 3.41. The first-order valence-electron chi connectivity index (χ1n) is 9.43. The van der Waals surface area contributed by atoms with Crippen molar-refractivity contribution in [1.82, 2.24) is 9.97 Å². The molecule has 2 unspecified atom stereocenters. The number of rotatable bonds is 8. The average Bonchev–Trinajstić information content (AvgIpc) is 2.72. The lowest BCUT2D eigenvalue weighted by Gasteiger charge is -2.26. The van der Waals surface area contributed by atoms with Gasteiger partial charge in [-0.05, 0) is 49.2 Å². The monoisotopic (exact) mass is 414 g/mol. The molecule has 0 aliphatic carbocycles. The highest BCUT2D eigenvalue weighted by Crippen LogP contribution is 2.25. The Bertz CT molecular complexity index is 897. The van der Waals surface area contributed by atoms with E-state index in [1.54, 1.807) is 13.8 Å². The van der Waals surface area contributed by atoms with E-state index in [-0.39, 0.29) is 24.7 Å². The zero-order valence-electron chi connectivity index (χ0n) is 16.7. The van der Waals surface area contributed by atoms with Gasteiger partial charge in [-0.1, -0.05) is 24.3 Å². The zero-order chi connectivity index (χ0) is 21.8. The highest BCUT2D eigenvalue weighted by molar-refractivity contribution is 5.59. The molecule has 0 aliphatic heterocycles. The van der Waals surface area contributed by atoms with Gasteiger partial charge in [0.1, 0.15) is 22.8 Å². The fourth-order valence-electron chi connectivity index (χ4n) is 2.93. The van der Waals surface area contributed by atoms with Crippen molar-refractivity contribution in [2.75, 3.05) is 23.7 Å². The number of benzene rings is 2. The minimum Gasteiger partial charge on any atom is -0.384 e. The SMILES string of the molecule is CC(O)(CNc1nccnc1NCC(C)(O)c1ccc(F)cc1)c1ccc(F)cc1. The second-order valence-electron chi connectivity index (χ2n) is 7.52. The quantitative estimate of drug-likeness (QED) is 0.452. The maximum absolute atomic E-state index is 13.1. The van der Waals surface area contributed by atoms with Crippen LogP contribution < -0.4 is 10.6 Å². The van der Waals surface area contributed by atoms with Gasteiger partial charge in [-0.3, -0.25) is 0 Å². The molecule has 3 aromatic rings. The molecule has 1 aromatic heterocycles. The number of halogens is 2. The van der Waals surface area contributed by atoms with Crippen LogP contribution in [0.25, 0.3) is 0 Å². The third kappa shape index (κ3) is 5.28. The Morgan fingerprint density at radius 3 is 1.37 bits per heavy atom. The molecule has 1 heterocycles. The molecule has 3 rings (SSSR count). The van der Waals surface area contributed by atoms with Crippen LogP contribution in [0.4, 0.5) is 20.4 Å². The molecule has 6 nitrogen and oxygen atoms in total. The zero-order valence-corrected chi connectivity index (χ0v) is 16.7. The van der Waals surface area contributed by atoms with Crippen LogP contribution in [-0.2, 0) is 11.2 Å². The van der Waals surface area contributed by atoms with E-state index in [0.29, 0.717) is 22.8 Å². The van der Waals surface area contributed by atoms with Crippen LogP contribution in [0, 0.1) is 11.6 Å². The first-order chi connectivity index (χ1) is 14.2. The molecule has 0 saturated carbocycles. The van der Waals surface area contributed by atoms with Gasteiger partial charge < -0.3 is 20.8 Å². The number of aliphatic hydroxyl groups is 2. The van der Waals surface area contributed by atoms with Crippen molar-refractivity contribution < 1.29 is 19.0 Å². The topological polar surface area (TPSA) is 90.3 Å². The molecule has 2 aromatic carbocycles. The second kappa shape index (κ2) is 8.73. The fraction of sp³-hybridized carbons (Fsp3) is 0.273. The van der Waals surface area contributed by atoms with Crippen LogP contribution in [0.1, 0.15) is 25.0 Å². The highest BCUT2D eigenvalue weighted by Gasteiger charge is 2.25. The van der Waals surface area contributed by atoms with Crippen molar-refractivity contribution in [3.8, 4) is 0 Å². The molecule has 0 amide bonds. The van der Waals surface area contributed by atoms with Gasteiger partial charge in [0, 0.05) is 25.5 Å². The van der Waals surface area contributed by atoms with Crippen molar-refractivity contribution in [2.45, 2.75) is 25.0 Å². The summed E-state index contributed by atoms with van der Waals surface area (Å²) in [5.41, 5.74) is -1.45. The largest absolute Gasteiger partial charge is 0.384 e. The summed E-state index contributed by atoms with van der Waals surface area (Å²) in [7, 11) is 0. The van der Waals surface area contributed by atoms with Crippen molar-refractivity contribution in [2.24, 2.45) is 0 Å². The smallest absolute Gasteiger partial charge is 0.169 e. The first-order valence-corrected chi connectivity index (χ1v) is 9.43. The number of hydrogen-bond donors (Lipinski definition) is 4. The predicted molar refractivity (Wildman–Crippen MR) is 111 cm³/mol. The Balaban J connectivity index is 1.68. The normalized spacial score (nSPS) is 15.1. The summed E-state index contributed by atoms with van der Waals surface area (Å²) in [6.07, 6.45) is 3.00. The minimum atomic E-state index is -1.28. The van der Waals surface area contributed by atoms with Crippen molar-refractivity contribution in [1.29, 1.82) is 0 Å². The van der Waals surface area contributed by atoms with Crippen LogP contribution in [-0.4, -0.2) is 33.3 Å². The molecule has 0 radical (unpaired) electrons. The number of anilines is 2. The van der Waals surface area contributed by atoms with E-state index in [1.807, 2.05) is 0 Å². The molecule has 0 saturated heterocycles. The Morgan fingerprint density at radius 1 is 0.700 bits per heavy atom. The molecular weight excluding hydrogens is 390 g/mol. The fourth-order valence-corrected chi connectivity index (χ4v) is 2.93. The molecule has 0 aliphatic rings. The average molecular weight is 414 g/mol. The van der Waals surface area contributed by atoms with Crippen molar-refractivity contribution >= 4 is 11.6 Å². The van der Waals surface area contributed by atoms with Gasteiger partial charge in [-0.25, -0.2) is 18.7 Å². The lowest BCUT2D eigenvalue weighted by atomic mass is 9.96. The van der Waals surface area contributed by atoms with E-state index in [2.05, 4.69) is 20.6 Å². The van der Waals surface area contributed by atoms with E-state index < -0.39 is 11.2 Å². The van der Waals surface area contributed by atoms with Crippen molar-refractivity contribution in [3.63, 3.8) is 0 Å². The molecule has 8 heteroatoms. The van der Waals surface area contributed by atoms with Gasteiger partial charge in [0.2, 0.25) is 0 Å². The van der Waals surface area contributed by atoms with Gasteiger partial charge in [0.15, 0.2) is 11.6 Å². The van der Waals surface area contributed by atoms with Gasteiger partial charge in [0.05, 0.1) is 0 Å². The minimum absolute atomic E-state index is 0.0976. The van der Waals surface area contributed by atoms with E-state index >= 15 is 0 Å². The molecular formula is C22H24F2N4O2. The summed E-state index contributed by atoms with van der Waals surface area (Å²) in [6, 6.07) is 11.2. The number of nitrogens with one attached hydrogen (secondary N) is 2. The van der Waals surface area contributed by atoms with E-state index in [9.17, 15) is 19.0 Å². The summed E-state index contributed by atoms with van der Waals surface area (Å²) >= 11 is 0. The highest BCUT2D eigenvalue weighted by atomic mass is 19.1. The summed E-state index contributed by atoms with van der Waals surface area (Å²) in [5, 5.41) is 27.5. The summed E-state index contributed by atoms with van der Waals surface area (Å²) < 4.78 is 26.3. The van der Waals surface area contributed by atoms with Crippen molar-refractivity contribution in [3.05, 3.63) is 83.7 Å². The first kappa shape index (κ1) is 21.6. The predicted octanol–water partition coefficient (Wildman–Crippen LogP) is 3.39. The lowest BCUT2D eigenvalue weighted by Crippen LogP contribution is -2.33. The maximum Gasteiger partial charge on any atom is 0.169 e. The van der Waals surface area contributed by atoms with Crippen LogP contribution in [0.15, 0.2) is 60.9 Å². The molecule has 158 valence electrons. The number of nitrogens with zero attached hydrogens (tertiary/aromatic N) is 2. The Hall–Kier alpha value is -3.10. The third-order valence-corrected chi connectivity index (χ3v) is 4.83. The Labute approximate surface area is 173 Å². The van der Waals surface area contributed by atoms with E-state index in [4.69, 9.17) is 0 Å². The molecule has 0 bridgehead atoms. The van der Waals surface area contributed by atoms with E-state index in [0.717, 1.165) is 0 Å². The Kier molecular flexibility index (Phi) is 6.28. The standard InChI is InChI=1S/C22H24F2N4O2/c1-21(29,15-3-7-17(23)8-4-15)13-27-19-20(26-12-11-25-19)28-14-22(2,30)16-5-9-18(24)10-6-16/h3-12,29-30H,13-14H2,1-2H3,(H,25,27)(H,26,28). The van der Waals surface area contributed by atoms with Gasteiger partial charge in [-0.15, -0.1) is 0 Å². The maximum atomic E-state index is 13.1. The molecule has 2 atom stereocenters. The van der Waals surface area contributed by atoms with Gasteiger partial charge in [0.25, 0.3) is 0 Å². The second-order valence-corrected chi connectivity index (χ2v) is 7.52. The molecule has 0 spiro atoms. The molecule has 30 heavy (non-hydrogen) atoms. The van der Waals surface area contributed by atoms with E-state index in [1.165, 1.54) is 60.9 Å². The molecule has 0 fully saturated rings. The summed E-state index contributed by atoms with van der Waals surface area (Å²) in [5.74, 6) is 0.0110. The Morgan fingerprint density at radius 2 is 1.03 bits per heavy atom. The number of hydrogen-bond acceptors (Lipinski definition) is 6. The summed E-state index contributed by atoms with van der Waals surface area (Å²) in [4.78, 5) is 8.47. The lowest BCUT2D eigenvalue weighted by molar-refractivity contribution is 0.0704. The van der Waals surface area contributed by atoms with Crippen LogP contribution in [0.3, 0.4) is 0 Å². The van der Waals surface area contributed by atoms with Crippen LogP contribution in [0.5, 0.6) is 0 Å².